The van der Waals surface area contributed by atoms with Crippen LogP contribution in [0, 0.1) is 11.8 Å². The van der Waals surface area contributed by atoms with Crippen LogP contribution in [-0.2, 0) is 9.47 Å². The van der Waals surface area contributed by atoms with E-state index in [1.54, 1.807) is 7.11 Å². The first kappa shape index (κ1) is 23.5. The molecule has 0 amide bonds. The van der Waals surface area contributed by atoms with Crippen LogP contribution >= 0.6 is 0 Å². The molecule has 0 bridgehead atoms. The molecule has 1 fully saturated rings. The highest BCUT2D eigenvalue weighted by Crippen LogP contribution is 2.39. The minimum atomic E-state index is -0.809. The lowest BCUT2D eigenvalue weighted by atomic mass is 9.79. The molecule has 0 heterocycles. The zero-order chi connectivity index (χ0) is 21.2. The lowest BCUT2D eigenvalue weighted by molar-refractivity contribution is 0.0304. The summed E-state index contributed by atoms with van der Waals surface area (Å²) in [7, 11) is 1.63. The lowest BCUT2D eigenvalue weighted by Gasteiger charge is -2.27. The van der Waals surface area contributed by atoms with Crippen LogP contribution in [0.5, 0.6) is 0 Å². The van der Waals surface area contributed by atoms with E-state index >= 15 is 0 Å². The quantitative estimate of drug-likeness (QED) is 0.313. The Labute approximate surface area is 173 Å². The first-order valence-corrected chi connectivity index (χ1v) is 10.8. The van der Waals surface area contributed by atoms with Crippen LogP contribution in [0.3, 0.4) is 0 Å². The average molecular weight is 409 g/mol. The van der Waals surface area contributed by atoms with Crippen LogP contribution in [0.15, 0.2) is 30.1 Å². The Bertz CT molecular complexity index is 661. The highest BCUT2D eigenvalue weighted by molar-refractivity contribution is 5.89. The van der Waals surface area contributed by atoms with Gasteiger partial charge in [0, 0.05) is 25.2 Å². The zero-order valence-electron chi connectivity index (χ0n) is 17.9. The molecule has 162 valence electrons. The van der Waals surface area contributed by atoms with E-state index in [0.717, 1.165) is 25.7 Å². The van der Waals surface area contributed by atoms with Crippen molar-refractivity contribution in [2.45, 2.75) is 71.3 Å². The number of methoxy groups -OCH3 is 1. The molecule has 1 aliphatic rings. The molecule has 1 aromatic carbocycles. The summed E-state index contributed by atoms with van der Waals surface area (Å²) in [5.74, 6) is -1.60. The van der Waals surface area contributed by atoms with E-state index in [2.05, 4.69) is 6.92 Å². The molecule has 5 heteroatoms. The van der Waals surface area contributed by atoms with E-state index in [0.29, 0.717) is 37.4 Å². The van der Waals surface area contributed by atoms with Crippen molar-refractivity contribution in [2.24, 2.45) is 11.8 Å². The molecule has 0 N–H and O–H groups in total. The van der Waals surface area contributed by atoms with Crippen molar-refractivity contribution >= 4 is 11.8 Å². The van der Waals surface area contributed by atoms with Gasteiger partial charge in [0.25, 0.3) is 0 Å². The summed E-state index contributed by atoms with van der Waals surface area (Å²) in [6.07, 6.45) is 6.93. The number of hydrogen-bond acceptors (Lipinski definition) is 3. The van der Waals surface area contributed by atoms with Gasteiger partial charge in [0.05, 0.1) is 11.7 Å². The summed E-state index contributed by atoms with van der Waals surface area (Å²) in [5, 5.41) is 0. The van der Waals surface area contributed by atoms with Crippen LogP contribution in [0.1, 0.15) is 81.1 Å². The van der Waals surface area contributed by atoms with E-state index in [1.165, 1.54) is 30.7 Å². The van der Waals surface area contributed by atoms with Crippen LogP contribution in [0.4, 0.5) is 8.78 Å². The lowest BCUT2D eigenvalue weighted by Crippen LogP contribution is -2.16. The molecule has 1 atom stereocenters. The Balaban J connectivity index is 1.94. The van der Waals surface area contributed by atoms with Gasteiger partial charge in [0.2, 0.25) is 0 Å². The number of benzene rings is 1. The highest BCUT2D eigenvalue weighted by Gasteiger charge is 2.26. The van der Waals surface area contributed by atoms with Gasteiger partial charge in [-0.3, -0.25) is 0 Å². The van der Waals surface area contributed by atoms with Gasteiger partial charge in [-0.1, -0.05) is 31.9 Å². The number of halogens is 2. The molecule has 1 aliphatic carbocycles. The van der Waals surface area contributed by atoms with Crippen LogP contribution in [0.2, 0.25) is 0 Å². The fraction of sp³-hybridized carbons (Fsp3) is 0.625. The smallest absolute Gasteiger partial charge is 0.338 e. The maximum atomic E-state index is 14.7. The first-order valence-electron chi connectivity index (χ1n) is 10.8. The fourth-order valence-corrected chi connectivity index (χ4v) is 4.01. The molecule has 1 saturated carbocycles. The molecule has 0 aromatic heterocycles. The van der Waals surface area contributed by atoms with Gasteiger partial charge in [-0.15, -0.1) is 0 Å². The largest absolute Gasteiger partial charge is 0.459 e. The Kier molecular flexibility index (Phi) is 9.79. The Morgan fingerprint density at radius 3 is 2.31 bits per heavy atom. The number of hydrogen-bond donors (Lipinski definition) is 0. The number of rotatable bonds is 10. The minimum absolute atomic E-state index is 0.169. The summed E-state index contributed by atoms with van der Waals surface area (Å²) in [4.78, 5) is 12.2. The molecule has 1 unspecified atom stereocenters. The molecule has 0 spiro atoms. The maximum Gasteiger partial charge on any atom is 0.338 e. The van der Waals surface area contributed by atoms with Crippen molar-refractivity contribution in [1.29, 1.82) is 0 Å². The predicted molar refractivity (Wildman–Crippen MR) is 112 cm³/mol. The van der Waals surface area contributed by atoms with Gasteiger partial charge in [-0.25, -0.2) is 13.6 Å². The van der Waals surface area contributed by atoms with Crippen molar-refractivity contribution < 1.29 is 23.0 Å². The van der Waals surface area contributed by atoms with Crippen molar-refractivity contribution in [1.82, 2.24) is 0 Å². The predicted octanol–water partition coefficient (Wildman–Crippen LogP) is 6.87. The number of carbonyl (C=O) groups excluding carboxylic acids is 1. The molecule has 0 radical (unpaired) electrons. The Hall–Kier alpha value is -1.75. The second-order valence-electron chi connectivity index (χ2n) is 8.10. The normalized spacial score (nSPS) is 21.4. The first-order chi connectivity index (χ1) is 14.0. The second kappa shape index (κ2) is 12.1. The summed E-state index contributed by atoms with van der Waals surface area (Å²) in [6, 6.07) is 5.88. The molecule has 2 rings (SSSR count). The van der Waals surface area contributed by atoms with Crippen LogP contribution in [-0.4, -0.2) is 25.8 Å². The van der Waals surface area contributed by atoms with Crippen molar-refractivity contribution in [2.75, 3.05) is 13.7 Å². The number of carbonyl (C=O) groups is 1. The van der Waals surface area contributed by atoms with Crippen LogP contribution in [0.25, 0.3) is 5.83 Å². The van der Waals surface area contributed by atoms with Crippen LogP contribution < -0.4 is 0 Å². The number of allylic oxidation sites excluding steroid dienone is 1. The highest BCUT2D eigenvalue weighted by atomic mass is 19.2. The van der Waals surface area contributed by atoms with E-state index < -0.39 is 17.6 Å². The average Bonchev–Trinajstić information content (AvgIpc) is 2.74. The van der Waals surface area contributed by atoms with Gasteiger partial charge in [0.1, 0.15) is 5.83 Å². The SMILES string of the molecule is CCCC1CCC(/C(F)=C(\F)c2ccc(C(=O)OC(C)CCCOC)cc2)CC1. The van der Waals surface area contributed by atoms with E-state index in [-0.39, 0.29) is 17.6 Å². The van der Waals surface area contributed by atoms with Gasteiger partial charge in [0.15, 0.2) is 5.83 Å². The van der Waals surface area contributed by atoms with E-state index in [9.17, 15) is 13.6 Å². The molecular weight excluding hydrogens is 374 g/mol. The van der Waals surface area contributed by atoms with Gasteiger partial charge in [-0.05, 0) is 63.5 Å². The molecule has 0 aliphatic heterocycles. The number of ether oxygens (including phenoxy) is 2. The third-order valence-corrected chi connectivity index (χ3v) is 5.75. The summed E-state index contributed by atoms with van der Waals surface area (Å²) < 4.78 is 39.7. The van der Waals surface area contributed by atoms with E-state index in [1.807, 2.05) is 6.92 Å². The molecule has 29 heavy (non-hydrogen) atoms. The summed E-state index contributed by atoms with van der Waals surface area (Å²) in [5.41, 5.74) is 0.503. The summed E-state index contributed by atoms with van der Waals surface area (Å²) in [6.45, 7) is 4.61. The number of esters is 1. The van der Waals surface area contributed by atoms with E-state index in [4.69, 9.17) is 9.47 Å². The third-order valence-electron chi connectivity index (χ3n) is 5.75. The van der Waals surface area contributed by atoms with Gasteiger partial charge >= 0.3 is 5.97 Å². The standard InChI is InChI=1S/C24H34F2O3/c1-4-6-18-8-10-19(11-9-18)22(25)23(26)20-12-14-21(15-13-20)24(27)29-17(2)7-5-16-28-3/h12-15,17-19H,4-11,16H2,1-3H3/b23-22+. The molecule has 1 aromatic rings. The second-order valence-corrected chi connectivity index (χ2v) is 8.10. The van der Waals surface area contributed by atoms with Gasteiger partial charge < -0.3 is 9.47 Å². The summed E-state index contributed by atoms with van der Waals surface area (Å²) >= 11 is 0. The zero-order valence-corrected chi connectivity index (χ0v) is 17.9. The van der Waals surface area contributed by atoms with Gasteiger partial charge in [-0.2, -0.15) is 0 Å². The molecule has 0 saturated heterocycles. The van der Waals surface area contributed by atoms with Crippen molar-refractivity contribution in [3.8, 4) is 0 Å². The monoisotopic (exact) mass is 408 g/mol. The van der Waals surface area contributed by atoms with Crippen molar-refractivity contribution in [3.05, 3.63) is 41.2 Å². The third kappa shape index (κ3) is 7.22. The molecule has 3 nitrogen and oxygen atoms in total. The van der Waals surface area contributed by atoms with Crippen molar-refractivity contribution in [3.63, 3.8) is 0 Å². The maximum absolute atomic E-state index is 14.7. The topological polar surface area (TPSA) is 35.5 Å². The minimum Gasteiger partial charge on any atom is -0.459 e. The Morgan fingerprint density at radius 2 is 1.72 bits per heavy atom. The molecular formula is C24H34F2O3. The fourth-order valence-electron chi connectivity index (χ4n) is 4.01. The Morgan fingerprint density at radius 1 is 1.10 bits per heavy atom.